The van der Waals surface area contributed by atoms with Crippen LogP contribution in [0.2, 0.25) is 0 Å². The Morgan fingerprint density at radius 1 is 1.36 bits per heavy atom. The minimum atomic E-state index is -4.24. The largest absolute Gasteiger partial charge is 0.417 e. The Bertz CT molecular complexity index is 258. The molecule has 0 aliphatic rings. The third-order valence-corrected chi connectivity index (χ3v) is 2.22. The molecule has 0 aromatic carbocycles. The lowest BCUT2D eigenvalue weighted by atomic mass is 10.3. The van der Waals surface area contributed by atoms with Gasteiger partial charge in [0, 0.05) is 22.6 Å². The van der Waals surface area contributed by atoms with E-state index in [4.69, 9.17) is 0 Å². The molecule has 0 aliphatic carbocycles. The second kappa shape index (κ2) is 2.65. The number of alkyl halides is 3. The van der Waals surface area contributed by atoms with Crippen molar-refractivity contribution in [2.75, 3.05) is 0 Å². The molecule has 0 bridgehead atoms. The number of aromatic nitrogens is 1. The number of rotatable bonds is 0. The fraction of sp³-hybridized carbons (Fsp3) is 0.167. The van der Waals surface area contributed by atoms with Gasteiger partial charge in [-0.2, -0.15) is 13.2 Å². The predicted octanol–water partition coefficient (Wildman–Crippen LogP) is 0.0911. The molecule has 1 aromatic heterocycles. The van der Waals surface area contributed by atoms with Crippen molar-refractivity contribution in [3.63, 3.8) is 0 Å². The molecule has 0 spiro atoms. The summed E-state index contributed by atoms with van der Waals surface area (Å²) in [4.78, 5) is 3.41. The average molecular weight is 177 g/mol. The summed E-state index contributed by atoms with van der Waals surface area (Å²) in [6.07, 6.45) is -2.01. The molecule has 0 amide bonds. The van der Waals surface area contributed by atoms with Gasteiger partial charge in [-0.3, -0.25) is 4.98 Å². The first kappa shape index (κ1) is 8.26. The quantitative estimate of drug-likeness (QED) is 0.512. The second-order valence-corrected chi connectivity index (χ2v) is 3.27. The lowest BCUT2D eigenvalue weighted by molar-refractivity contribution is -0.136. The molecule has 0 unspecified atom stereocenters. The Morgan fingerprint density at radius 2 is 2.00 bits per heavy atom. The fourth-order valence-corrected chi connectivity index (χ4v) is 1.32. The summed E-state index contributed by atoms with van der Waals surface area (Å²) in [5.74, 6) is 0. The van der Waals surface area contributed by atoms with E-state index in [9.17, 15) is 13.2 Å². The van der Waals surface area contributed by atoms with Crippen LogP contribution in [-0.4, -0.2) is 15.2 Å². The molecule has 0 N–H and O–H groups in total. The molecular weight excluding hydrogens is 171 g/mol. The van der Waals surface area contributed by atoms with Crippen molar-refractivity contribution in [3.05, 3.63) is 24.0 Å². The molecule has 5 heteroatoms. The van der Waals surface area contributed by atoms with Gasteiger partial charge in [0.25, 0.3) is 0 Å². The summed E-state index contributed by atoms with van der Waals surface area (Å²) in [5, 5.41) is 0.340. The minimum absolute atomic E-state index is 0.340. The highest BCUT2D eigenvalue weighted by molar-refractivity contribution is 6.33. The first-order valence-corrected chi connectivity index (χ1v) is 3.99. The molecule has 0 saturated heterocycles. The minimum Gasteiger partial charge on any atom is -0.264 e. The highest BCUT2D eigenvalue weighted by atomic mass is 28.1. The molecule has 11 heavy (non-hydrogen) atoms. The zero-order valence-corrected chi connectivity index (χ0v) is 7.81. The lowest BCUT2D eigenvalue weighted by Crippen LogP contribution is -2.19. The van der Waals surface area contributed by atoms with Gasteiger partial charge in [0.1, 0.15) is 0 Å². The van der Waals surface area contributed by atoms with Crippen LogP contribution < -0.4 is 5.19 Å². The van der Waals surface area contributed by atoms with Crippen LogP contribution in [0.25, 0.3) is 0 Å². The molecule has 1 aromatic rings. The molecule has 0 aliphatic heterocycles. The van der Waals surface area contributed by atoms with Gasteiger partial charge in [0.05, 0.1) is 5.56 Å². The first-order valence-electron chi connectivity index (χ1n) is 2.99. The first-order chi connectivity index (χ1) is 5.02. The smallest absolute Gasteiger partial charge is 0.264 e. The third-order valence-electron chi connectivity index (χ3n) is 1.34. The zero-order chi connectivity index (χ0) is 8.48. The van der Waals surface area contributed by atoms with Crippen molar-refractivity contribution in [2.45, 2.75) is 6.18 Å². The van der Waals surface area contributed by atoms with E-state index < -0.39 is 11.7 Å². The van der Waals surface area contributed by atoms with Gasteiger partial charge in [0.15, 0.2) is 0 Å². The van der Waals surface area contributed by atoms with Crippen molar-refractivity contribution in [1.82, 2.24) is 4.98 Å². The zero-order valence-electron chi connectivity index (χ0n) is 5.81. The van der Waals surface area contributed by atoms with Crippen molar-refractivity contribution in [2.24, 2.45) is 0 Å². The Hall–Kier alpha value is -0.843. The van der Waals surface area contributed by atoms with Crippen LogP contribution in [0.1, 0.15) is 5.56 Å². The van der Waals surface area contributed by atoms with Crippen LogP contribution >= 0.6 is 0 Å². The molecule has 60 valence electrons. The number of nitrogens with zero attached hydrogens (tertiary/aromatic N) is 1. The second-order valence-electron chi connectivity index (χ2n) is 2.19. The Balaban J connectivity index is 3.14. The molecule has 0 atom stereocenters. The summed E-state index contributed by atoms with van der Waals surface area (Å²) < 4.78 is 36.1. The topological polar surface area (TPSA) is 12.9 Å². The van der Waals surface area contributed by atoms with Gasteiger partial charge in [-0.05, 0) is 6.07 Å². The molecule has 0 fully saturated rings. The predicted molar refractivity (Wildman–Crippen MR) is 38.8 cm³/mol. The molecule has 1 heterocycles. The molecular formula is C6H6F3NSi. The molecule has 1 nitrogen and oxygen atoms in total. The van der Waals surface area contributed by atoms with Crippen molar-refractivity contribution in [3.8, 4) is 0 Å². The van der Waals surface area contributed by atoms with E-state index in [1.54, 1.807) is 0 Å². The average Bonchev–Trinajstić information content (AvgIpc) is 1.86. The van der Waals surface area contributed by atoms with E-state index in [-0.39, 0.29) is 0 Å². The van der Waals surface area contributed by atoms with Crippen molar-refractivity contribution in [1.29, 1.82) is 0 Å². The fourth-order valence-electron chi connectivity index (χ4n) is 0.761. The van der Waals surface area contributed by atoms with Gasteiger partial charge in [-0.1, -0.05) is 5.19 Å². The van der Waals surface area contributed by atoms with Crippen LogP contribution in [0.4, 0.5) is 13.2 Å². The SMILES string of the molecule is FC(F)(F)c1cnccc1[SiH3]. The normalized spacial score (nSPS) is 11.9. The molecule has 1 rings (SSSR count). The van der Waals surface area contributed by atoms with Crippen LogP contribution in [-0.2, 0) is 6.18 Å². The number of pyridine rings is 1. The van der Waals surface area contributed by atoms with E-state index in [1.807, 2.05) is 0 Å². The van der Waals surface area contributed by atoms with E-state index >= 15 is 0 Å². The maximum Gasteiger partial charge on any atom is 0.417 e. The summed E-state index contributed by atoms with van der Waals surface area (Å²) in [6, 6.07) is 1.40. The van der Waals surface area contributed by atoms with E-state index in [2.05, 4.69) is 4.98 Å². The Morgan fingerprint density at radius 3 is 2.36 bits per heavy atom. The van der Waals surface area contributed by atoms with Crippen LogP contribution in [0.5, 0.6) is 0 Å². The summed E-state index contributed by atoms with van der Waals surface area (Å²) in [5.41, 5.74) is -0.605. The number of halogens is 3. The lowest BCUT2D eigenvalue weighted by Gasteiger charge is -2.07. The van der Waals surface area contributed by atoms with Gasteiger partial charge < -0.3 is 0 Å². The summed E-state index contributed by atoms with van der Waals surface area (Å²) in [6.45, 7) is 0. The highest BCUT2D eigenvalue weighted by Crippen LogP contribution is 2.26. The number of hydrogen-bond acceptors (Lipinski definition) is 1. The standard InChI is InChI=1S/C6H6F3NSi/c7-6(8,9)4-3-10-2-1-5(4)11/h1-3H,11H3. The maximum atomic E-state index is 12.0. The van der Waals surface area contributed by atoms with E-state index in [1.165, 1.54) is 12.3 Å². The van der Waals surface area contributed by atoms with Gasteiger partial charge >= 0.3 is 6.18 Å². The van der Waals surface area contributed by atoms with Crippen LogP contribution in [0.15, 0.2) is 18.5 Å². The number of hydrogen-bond donors (Lipinski definition) is 0. The maximum absolute atomic E-state index is 12.0. The summed E-state index contributed by atoms with van der Waals surface area (Å²) >= 11 is 0. The molecule has 0 saturated carbocycles. The van der Waals surface area contributed by atoms with Crippen LogP contribution in [0.3, 0.4) is 0 Å². The molecule has 0 radical (unpaired) electrons. The van der Waals surface area contributed by atoms with Crippen LogP contribution in [0, 0.1) is 0 Å². The van der Waals surface area contributed by atoms with Gasteiger partial charge in [0.2, 0.25) is 0 Å². The van der Waals surface area contributed by atoms with E-state index in [0.29, 0.717) is 15.4 Å². The van der Waals surface area contributed by atoms with Crippen molar-refractivity contribution >= 4 is 15.4 Å². The Kier molecular flexibility index (Phi) is 1.99. The van der Waals surface area contributed by atoms with E-state index in [0.717, 1.165) is 6.20 Å². The van der Waals surface area contributed by atoms with Gasteiger partial charge in [-0.25, -0.2) is 0 Å². The summed E-state index contributed by atoms with van der Waals surface area (Å²) in [7, 11) is 0.396. The third kappa shape index (κ3) is 1.80. The van der Waals surface area contributed by atoms with Gasteiger partial charge in [-0.15, -0.1) is 0 Å². The van der Waals surface area contributed by atoms with Crippen molar-refractivity contribution < 1.29 is 13.2 Å². The monoisotopic (exact) mass is 177 g/mol. The highest BCUT2D eigenvalue weighted by Gasteiger charge is 2.32. The Labute approximate surface area is 64.7 Å².